The summed E-state index contributed by atoms with van der Waals surface area (Å²) >= 11 is 0. The number of hydrogen-bond donors (Lipinski definition) is 2. The molecule has 0 spiro atoms. The number of rotatable bonds is 4. The molecule has 1 heterocycles. The number of aliphatic hydroxyl groups is 1. The molecule has 5 heteroatoms. The molecule has 5 nitrogen and oxygen atoms in total. The van der Waals surface area contributed by atoms with Crippen LogP contribution in [-0.4, -0.2) is 40.4 Å². The Morgan fingerprint density at radius 1 is 1.50 bits per heavy atom. The van der Waals surface area contributed by atoms with Gasteiger partial charge >= 0.3 is 5.97 Å². The van der Waals surface area contributed by atoms with E-state index in [1.807, 2.05) is 11.9 Å². The molecule has 0 aliphatic carbocycles. The van der Waals surface area contributed by atoms with Crippen LogP contribution in [-0.2, 0) is 0 Å². The average Bonchev–Trinajstić information content (AvgIpc) is 2.15. The molecule has 88 valence electrons. The third-order valence-corrected chi connectivity index (χ3v) is 2.03. The fraction of sp³-hybridized carbons (Fsp3) is 0.455. The lowest BCUT2D eigenvalue weighted by atomic mass is 10.1. The Balaban J connectivity index is 2.78. The zero-order valence-corrected chi connectivity index (χ0v) is 9.64. The highest BCUT2D eigenvalue weighted by atomic mass is 16.4. The summed E-state index contributed by atoms with van der Waals surface area (Å²) in [6.45, 7) is 3.87. The van der Waals surface area contributed by atoms with Crippen molar-refractivity contribution >= 4 is 11.7 Å². The Morgan fingerprint density at radius 3 is 2.50 bits per heavy atom. The fourth-order valence-electron chi connectivity index (χ4n) is 1.41. The molecule has 16 heavy (non-hydrogen) atoms. The number of aromatic nitrogens is 1. The van der Waals surface area contributed by atoms with Crippen LogP contribution in [0.2, 0.25) is 0 Å². The zero-order valence-electron chi connectivity index (χ0n) is 9.64. The second-order valence-electron chi connectivity index (χ2n) is 4.38. The number of carboxylic acids is 1. The van der Waals surface area contributed by atoms with Crippen molar-refractivity contribution in [3.05, 3.63) is 24.0 Å². The topological polar surface area (TPSA) is 73.7 Å². The highest BCUT2D eigenvalue weighted by molar-refractivity contribution is 5.85. The van der Waals surface area contributed by atoms with Gasteiger partial charge in [-0.25, -0.2) is 9.78 Å². The number of hydrogen-bond acceptors (Lipinski definition) is 4. The number of carbonyl (C=O) groups is 1. The Kier molecular flexibility index (Phi) is 3.49. The first-order valence-electron chi connectivity index (χ1n) is 4.92. The number of aromatic carboxylic acids is 1. The van der Waals surface area contributed by atoms with E-state index in [0.717, 1.165) is 5.69 Å². The van der Waals surface area contributed by atoms with Gasteiger partial charge in [0.25, 0.3) is 0 Å². The van der Waals surface area contributed by atoms with Gasteiger partial charge in [-0.2, -0.15) is 0 Å². The fourth-order valence-corrected chi connectivity index (χ4v) is 1.41. The molecule has 1 rings (SSSR count). The van der Waals surface area contributed by atoms with E-state index in [0.29, 0.717) is 6.54 Å². The summed E-state index contributed by atoms with van der Waals surface area (Å²) in [6, 6.07) is 3.11. The summed E-state index contributed by atoms with van der Waals surface area (Å²) in [5, 5.41) is 18.3. The van der Waals surface area contributed by atoms with Crippen LogP contribution in [0.25, 0.3) is 0 Å². The highest BCUT2D eigenvalue weighted by Crippen LogP contribution is 2.14. The molecular formula is C11H16N2O3. The van der Waals surface area contributed by atoms with E-state index < -0.39 is 11.6 Å². The maximum atomic E-state index is 10.6. The molecule has 1 aromatic rings. The summed E-state index contributed by atoms with van der Waals surface area (Å²) in [5.74, 6) is -1.04. The smallest absolute Gasteiger partial charge is 0.354 e. The van der Waals surface area contributed by atoms with E-state index in [-0.39, 0.29) is 5.69 Å². The number of pyridine rings is 1. The minimum absolute atomic E-state index is 0.0143. The van der Waals surface area contributed by atoms with Crippen molar-refractivity contribution in [3.8, 4) is 0 Å². The van der Waals surface area contributed by atoms with Crippen LogP contribution >= 0.6 is 0 Å². The van der Waals surface area contributed by atoms with Crippen LogP contribution in [0.15, 0.2) is 18.3 Å². The number of anilines is 1. The van der Waals surface area contributed by atoms with E-state index in [1.54, 1.807) is 19.9 Å². The van der Waals surface area contributed by atoms with E-state index in [1.165, 1.54) is 12.3 Å². The van der Waals surface area contributed by atoms with Gasteiger partial charge in [-0.3, -0.25) is 0 Å². The molecule has 0 atom stereocenters. The molecule has 0 aliphatic heterocycles. The minimum Gasteiger partial charge on any atom is -0.477 e. The molecule has 0 saturated carbocycles. The maximum Gasteiger partial charge on any atom is 0.354 e. The zero-order chi connectivity index (χ0) is 12.3. The van der Waals surface area contributed by atoms with Gasteiger partial charge in [0.15, 0.2) is 0 Å². The molecule has 0 fully saturated rings. The number of carboxylic acid groups (broad SMARTS) is 1. The summed E-state index contributed by atoms with van der Waals surface area (Å²) in [4.78, 5) is 16.2. The van der Waals surface area contributed by atoms with Crippen molar-refractivity contribution in [1.29, 1.82) is 0 Å². The van der Waals surface area contributed by atoms with Crippen molar-refractivity contribution in [2.24, 2.45) is 0 Å². The highest BCUT2D eigenvalue weighted by Gasteiger charge is 2.16. The minimum atomic E-state index is -1.04. The normalized spacial score (nSPS) is 11.2. The Labute approximate surface area is 94.4 Å². The Bertz CT molecular complexity index is 368. The Hall–Kier alpha value is -1.62. The van der Waals surface area contributed by atoms with E-state index in [4.69, 9.17) is 5.11 Å². The molecule has 0 amide bonds. The lowest BCUT2D eigenvalue weighted by Gasteiger charge is -2.26. The first-order valence-corrected chi connectivity index (χ1v) is 4.92. The molecule has 0 radical (unpaired) electrons. The standard InChI is InChI=1S/C11H16N2O3/c1-11(2,16)7-13(3)8-4-5-9(10(14)15)12-6-8/h4-6,16H,7H2,1-3H3,(H,14,15). The van der Waals surface area contributed by atoms with Crippen molar-refractivity contribution in [2.75, 3.05) is 18.5 Å². The predicted molar refractivity (Wildman–Crippen MR) is 60.8 cm³/mol. The van der Waals surface area contributed by atoms with Gasteiger partial charge in [-0.15, -0.1) is 0 Å². The van der Waals surface area contributed by atoms with E-state index in [9.17, 15) is 9.90 Å². The van der Waals surface area contributed by atoms with Gasteiger partial charge in [-0.1, -0.05) is 0 Å². The van der Waals surface area contributed by atoms with Crippen LogP contribution in [0.1, 0.15) is 24.3 Å². The van der Waals surface area contributed by atoms with Crippen LogP contribution in [0, 0.1) is 0 Å². The average molecular weight is 224 g/mol. The van der Waals surface area contributed by atoms with Crippen molar-refractivity contribution < 1.29 is 15.0 Å². The van der Waals surface area contributed by atoms with Crippen molar-refractivity contribution in [2.45, 2.75) is 19.4 Å². The van der Waals surface area contributed by atoms with Crippen LogP contribution in [0.5, 0.6) is 0 Å². The maximum absolute atomic E-state index is 10.6. The first-order chi connectivity index (χ1) is 7.29. The quantitative estimate of drug-likeness (QED) is 0.797. The second kappa shape index (κ2) is 4.49. The molecular weight excluding hydrogens is 208 g/mol. The lowest BCUT2D eigenvalue weighted by molar-refractivity contribution is 0.0690. The Morgan fingerprint density at radius 2 is 2.12 bits per heavy atom. The lowest BCUT2D eigenvalue weighted by Crippen LogP contribution is -2.36. The van der Waals surface area contributed by atoms with Gasteiger partial charge in [0.05, 0.1) is 17.5 Å². The van der Waals surface area contributed by atoms with Crippen LogP contribution in [0.3, 0.4) is 0 Å². The molecule has 0 aromatic carbocycles. The number of nitrogens with zero attached hydrogens (tertiary/aromatic N) is 2. The van der Waals surface area contributed by atoms with Gasteiger partial charge < -0.3 is 15.1 Å². The van der Waals surface area contributed by atoms with E-state index in [2.05, 4.69) is 4.98 Å². The predicted octanol–water partition coefficient (Wildman–Crippen LogP) is 0.987. The van der Waals surface area contributed by atoms with Gasteiger partial charge in [0.1, 0.15) is 5.69 Å². The third-order valence-electron chi connectivity index (χ3n) is 2.03. The van der Waals surface area contributed by atoms with Crippen LogP contribution in [0.4, 0.5) is 5.69 Å². The van der Waals surface area contributed by atoms with Gasteiger partial charge in [-0.05, 0) is 26.0 Å². The summed E-state index contributed by atoms with van der Waals surface area (Å²) in [5.41, 5.74) is -0.0206. The summed E-state index contributed by atoms with van der Waals surface area (Å²) < 4.78 is 0. The number of likely N-dealkylation sites (N-methyl/N-ethyl adjacent to an activating group) is 1. The molecule has 0 saturated heterocycles. The molecule has 0 aliphatic rings. The van der Waals surface area contributed by atoms with Gasteiger partial charge in [0.2, 0.25) is 0 Å². The van der Waals surface area contributed by atoms with Crippen molar-refractivity contribution in [1.82, 2.24) is 4.98 Å². The van der Waals surface area contributed by atoms with Crippen LogP contribution < -0.4 is 4.90 Å². The van der Waals surface area contributed by atoms with Gasteiger partial charge in [0, 0.05) is 13.6 Å². The summed E-state index contributed by atoms with van der Waals surface area (Å²) in [6.07, 6.45) is 1.48. The first kappa shape index (κ1) is 12.4. The molecule has 0 unspecified atom stereocenters. The SMILES string of the molecule is CN(CC(C)(C)O)c1ccc(C(=O)O)nc1. The third kappa shape index (κ3) is 3.51. The second-order valence-corrected chi connectivity index (χ2v) is 4.38. The molecule has 1 aromatic heterocycles. The van der Waals surface area contributed by atoms with Crippen molar-refractivity contribution in [3.63, 3.8) is 0 Å². The van der Waals surface area contributed by atoms with E-state index >= 15 is 0 Å². The molecule has 2 N–H and O–H groups in total. The molecule has 0 bridgehead atoms. The monoisotopic (exact) mass is 224 g/mol. The largest absolute Gasteiger partial charge is 0.477 e. The summed E-state index contributed by atoms with van der Waals surface area (Å²) in [7, 11) is 1.81.